The molecule has 7 heteroatoms. The van der Waals surface area contributed by atoms with Gasteiger partial charge in [-0.1, -0.05) is 59.5 Å². The summed E-state index contributed by atoms with van der Waals surface area (Å²) in [4.78, 5) is 27.9. The minimum absolute atomic E-state index is 0.343. The lowest BCUT2D eigenvalue weighted by Crippen LogP contribution is -2.20. The van der Waals surface area contributed by atoms with Crippen molar-refractivity contribution < 1.29 is 9.59 Å². The summed E-state index contributed by atoms with van der Waals surface area (Å²) in [6.45, 7) is 0.523. The molecule has 0 aromatic heterocycles. The molecule has 2 amide bonds. The fourth-order valence-electron chi connectivity index (χ4n) is 3.43. The summed E-state index contributed by atoms with van der Waals surface area (Å²) in [6.07, 6.45) is 1.70. The van der Waals surface area contributed by atoms with Crippen molar-refractivity contribution in [3.63, 3.8) is 0 Å². The first-order chi connectivity index (χ1) is 15.6. The molecule has 0 bridgehead atoms. The number of nitrogens with zero attached hydrogens (tertiary/aromatic N) is 1. The molecule has 32 heavy (non-hydrogen) atoms. The third-order valence-electron chi connectivity index (χ3n) is 4.91. The second kappa shape index (κ2) is 8.79. The van der Waals surface area contributed by atoms with Gasteiger partial charge in [0.1, 0.15) is 0 Å². The lowest BCUT2D eigenvalue weighted by atomic mass is 10.1. The van der Waals surface area contributed by atoms with Gasteiger partial charge >= 0.3 is 0 Å². The van der Waals surface area contributed by atoms with Gasteiger partial charge in [0, 0.05) is 20.4 Å². The van der Waals surface area contributed by atoms with Gasteiger partial charge in [0.2, 0.25) is 0 Å². The second-order valence-electron chi connectivity index (χ2n) is 7.04. The van der Waals surface area contributed by atoms with Crippen LogP contribution in [-0.4, -0.2) is 17.7 Å². The smallest absolute Gasteiger partial charge is 0.290 e. The van der Waals surface area contributed by atoms with Gasteiger partial charge in [0.05, 0.1) is 22.8 Å². The Morgan fingerprint density at radius 3 is 2.50 bits per heavy atom. The number of fused-ring (bicyclic) bond motifs is 2. The monoisotopic (exact) mass is 474 g/mol. The average molecular weight is 475 g/mol. The highest BCUT2D eigenvalue weighted by molar-refractivity contribution is 8.18. The van der Waals surface area contributed by atoms with Crippen LogP contribution in [0.2, 0.25) is 5.02 Å². The molecule has 1 fully saturated rings. The van der Waals surface area contributed by atoms with Gasteiger partial charge in [0.15, 0.2) is 0 Å². The van der Waals surface area contributed by atoms with Crippen LogP contribution < -0.4 is 10.2 Å². The van der Waals surface area contributed by atoms with Crippen molar-refractivity contribution in [3.8, 4) is 11.8 Å². The number of thioether (sulfide) groups is 1. The molecule has 0 spiro atoms. The quantitative estimate of drug-likeness (QED) is 0.348. The van der Waals surface area contributed by atoms with Gasteiger partial charge in [-0.3, -0.25) is 14.9 Å². The van der Waals surface area contributed by atoms with Crippen LogP contribution in [0.5, 0.6) is 0 Å². The molecule has 2 aliphatic heterocycles. The Kier molecular flexibility index (Phi) is 5.71. The number of imide groups is 1. The number of halogens is 1. The number of hydrogen-bond acceptors (Lipinski definition) is 5. The van der Waals surface area contributed by atoms with Crippen LogP contribution in [-0.2, 0) is 4.79 Å². The second-order valence-corrected chi connectivity index (χ2v) is 9.58. The van der Waals surface area contributed by atoms with Crippen LogP contribution in [0.25, 0.3) is 6.08 Å². The van der Waals surface area contributed by atoms with E-state index >= 15 is 0 Å². The van der Waals surface area contributed by atoms with Gasteiger partial charge in [0.25, 0.3) is 11.1 Å². The van der Waals surface area contributed by atoms with Crippen LogP contribution in [0, 0.1) is 11.8 Å². The average Bonchev–Trinajstić information content (AvgIpc) is 3.11. The highest BCUT2D eigenvalue weighted by Crippen LogP contribution is 2.48. The van der Waals surface area contributed by atoms with E-state index in [4.69, 9.17) is 11.6 Å². The number of hydrogen-bond donors (Lipinski definition) is 1. The van der Waals surface area contributed by atoms with Crippen molar-refractivity contribution >= 4 is 63.7 Å². The van der Waals surface area contributed by atoms with E-state index in [1.54, 1.807) is 17.8 Å². The summed E-state index contributed by atoms with van der Waals surface area (Å²) in [5.74, 6) is 6.13. The fourth-order valence-corrected chi connectivity index (χ4v) is 5.35. The van der Waals surface area contributed by atoms with Crippen molar-refractivity contribution in [1.29, 1.82) is 0 Å². The van der Waals surface area contributed by atoms with E-state index in [0.717, 1.165) is 39.2 Å². The summed E-state index contributed by atoms with van der Waals surface area (Å²) in [5.41, 5.74) is 3.89. The van der Waals surface area contributed by atoms with Gasteiger partial charge in [-0.15, -0.1) is 0 Å². The van der Waals surface area contributed by atoms with Crippen LogP contribution >= 0.6 is 35.1 Å². The SMILES string of the molecule is O=C1NC(=O)/C(=C/c2ccc(C#CCN3c4ccccc4Sc4ccc(Cl)cc43)cc2)S1. The fraction of sp³-hybridized carbons (Fsp3) is 0.0400. The molecule has 1 saturated heterocycles. The van der Waals surface area contributed by atoms with E-state index in [1.165, 1.54) is 4.90 Å². The Balaban J connectivity index is 1.37. The molecule has 1 N–H and O–H groups in total. The number of rotatable bonds is 2. The predicted molar refractivity (Wildman–Crippen MR) is 131 cm³/mol. The van der Waals surface area contributed by atoms with E-state index < -0.39 is 0 Å². The van der Waals surface area contributed by atoms with Gasteiger partial charge in [-0.25, -0.2) is 0 Å². The van der Waals surface area contributed by atoms with Crippen molar-refractivity contribution in [2.24, 2.45) is 0 Å². The Hall–Kier alpha value is -3.11. The van der Waals surface area contributed by atoms with Gasteiger partial charge in [-0.05, 0) is 65.9 Å². The van der Waals surface area contributed by atoms with Gasteiger partial charge in [-0.2, -0.15) is 0 Å². The zero-order chi connectivity index (χ0) is 22.1. The predicted octanol–water partition coefficient (Wildman–Crippen LogP) is 6.32. The molecule has 0 atom stereocenters. The Morgan fingerprint density at radius 2 is 1.72 bits per heavy atom. The zero-order valence-electron chi connectivity index (χ0n) is 16.6. The summed E-state index contributed by atoms with van der Waals surface area (Å²) >= 11 is 8.91. The number of para-hydroxylation sites is 1. The van der Waals surface area contributed by atoms with Crippen LogP contribution in [0.1, 0.15) is 11.1 Å². The molecule has 0 saturated carbocycles. The molecular weight excluding hydrogens is 460 g/mol. The highest BCUT2D eigenvalue weighted by Gasteiger charge is 2.25. The van der Waals surface area contributed by atoms with Crippen LogP contribution in [0.4, 0.5) is 16.2 Å². The number of benzene rings is 3. The van der Waals surface area contributed by atoms with E-state index in [9.17, 15) is 9.59 Å². The van der Waals surface area contributed by atoms with Crippen molar-refractivity contribution in [1.82, 2.24) is 5.32 Å². The topological polar surface area (TPSA) is 49.4 Å². The number of carbonyl (C=O) groups is 2. The molecule has 2 heterocycles. The van der Waals surface area contributed by atoms with E-state index in [2.05, 4.69) is 34.2 Å². The molecule has 4 nitrogen and oxygen atoms in total. The first-order valence-corrected chi connectivity index (χ1v) is 11.8. The molecule has 2 aliphatic rings. The van der Waals surface area contributed by atoms with Crippen molar-refractivity contribution in [2.45, 2.75) is 9.79 Å². The molecule has 0 radical (unpaired) electrons. The highest BCUT2D eigenvalue weighted by atomic mass is 35.5. The molecular formula is C25H15ClN2O2S2. The summed E-state index contributed by atoms with van der Waals surface area (Å²) in [7, 11) is 0. The lowest BCUT2D eigenvalue weighted by Gasteiger charge is -2.31. The number of amides is 2. The van der Waals surface area contributed by atoms with E-state index in [-0.39, 0.29) is 11.1 Å². The van der Waals surface area contributed by atoms with Crippen molar-refractivity contribution in [2.75, 3.05) is 11.4 Å². The summed E-state index contributed by atoms with van der Waals surface area (Å²) < 4.78 is 0. The number of carbonyl (C=O) groups excluding carboxylic acids is 2. The minimum atomic E-state index is -0.357. The summed E-state index contributed by atoms with van der Waals surface area (Å²) in [5, 5.41) is 2.61. The largest absolute Gasteiger partial charge is 0.328 e. The lowest BCUT2D eigenvalue weighted by molar-refractivity contribution is -0.115. The Labute approximate surface area is 199 Å². The minimum Gasteiger partial charge on any atom is -0.328 e. The number of anilines is 2. The van der Waals surface area contributed by atoms with Crippen LogP contribution in [0.15, 0.2) is 81.4 Å². The Morgan fingerprint density at radius 1 is 0.938 bits per heavy atom. The maximum absolute atomic E-state index is 11.7. The third kappa shape index (κ3) is 4.28. The molecule has 3 aromatic rings. The maximum Gasteiger partial charge on any atom is 0.290 e. The molecule has 156 valence electrons. The van der Waals surface area contributed by atoms with E-state index in [1.807, 2.05) is 54.6 Å². The van der Waals surface area contributed by atoms with E-state index in [0.29, 0.717) is 16.5 Å². The molecule has 5 rings (SSSR count). The van der Waals surface area contributed by atoms with Gasteiger partial charge < -0.3 is 4.90 Å². The van der Waals surface area contributed by atoms with Crippen molar-refractivity contribution in [3.05, 3.63) is 87.8 Å². The molecule has 0 aliphatic carbocycles. The first kappa shape index (κ1) is 20.8. The number of nitrogens with one attached hydrogen (secondary N) is 1. The first-order valence-electron chi connectivity index (χ1n) is 9.74. The Bertz CT molecular complexity index is 1340. The molecule has 0 unspecified atom stereocenters. The normalized spacial score (nSPS) is 15.7. The van der Waals surface area contributed by atoms with Crippen LogP contribution in [0.3, 0.4) is 0 Å². The standard InChI is InChI=1S/C25H15ClN2O2S2/c26-18-11-12-22-20(15-18)28(19-5-1-2-6-21(19)31-22)13-3-4-16-7-9-17(10-8-16)14-23-24(29)27-25(30)32-23/h1-2,5-12,14-15H,13H2,(H,27,29,30)/b23-14-. The zero-order valence-corrected chi connectivity index (χ0v) is 19.0. The molecule has 3 aromatic carbocycles. The third-order valence-corrected chi connectivity index (χ3v) is 7.08. The summed E-state index contributed by atoms with van der Waals surface area (Å²) in [6, 6.07) is 21.8. The maximum atomic E-state index is 11.7.